The summed E-state index contributed by atoms with van der Waals surface area (Å²) in [4.78, 5) is 32.6. The van der Waals surface area contributed by atoms with E-state index in [9.17, 15) is 9.59 Å². The summed E-state index contributed by atoms with van der Waals surface area (Å²) in [5.74, 6) is 0.508. The van der Waals surface area contributed by atoms with Crippen molar-refractivity contribution < 1.29 is 14.3 Å². The van der Waals surface area contributed by atoms with Gasteiger partial charge in [-0.25, -0.2) is 9.79 Å². The number of aliphatic imine (C=N–C) groups is 1. The Balaban J connectivity index is 1.99. The van der Waals surface area contributed by atoms with Crippen molar-refractivity contribution in [2.24, 2.45) is 10.7 Å². The van der Waals surface area contributed by atoms with E-state index in [0.29, 0.717) is 18.6 Å². The molecule has 0 aromatic heterocycles. The highest BCUT2D eigenvalue weighted by Gasteiger charge is 2.27. The van der Waals surface area contributed by atoms with Crippen molar-refractivity contribution in [3.05, 3.63) is 54.0 Å². The van der Waals surface area contributed by atoms with Crippen molar-refractivity contribution in [1.29, 1.82) is 0 Å². The number of carbonyl (C=O) groups excluding carboxylic acids is 2. The van der Waals surface area contributed by atoms with Crippen LogP contribution in [0.25, 0.3) is 5.57 Å². The van der Waals surface area contributed by atoms with Crippen LogP contribution in [-0.2, 0) is 16.1 Å². The normalized spacial score (nSPS) is 18.8. The fourth-order valence-corrected chi connectivity index (χ4v) is 3.94. The number of likely N-dealkylation sites (N-methyl/N-ethyl adjacent to an activating group) is 1. The van der Waals surface area contributed by atoms with Gasteiger partial charge in [-0.15, -0.1) is 0 Å². The van der Waals surface area contributed by atoms with Gasteiger partial charge in [-0.3, -0.25) is 4.79 Å². The number of hydrogen-bond acceptors (Lipinski definition) is 6. The highest BCUT2D eigenvalue weighted by molar-refractivity contribution is 6.10. The molecule has 2 atom stereocenters. The average Bonchev–Trinajstić information content (AvgIpc) is 3.09. The molecular formula is C26H39N5O3. The van der Waals surface area contributed by atoms with Crippen LogP contribution in [0.5, 0.6) is 0 Å². The van der Waals surface area contributed by atoms with Gasteiger partial charge in [0.15, 0.2) is 0 Å². The molecule has 3 N–H and O–H groups in total. The summed E-state index contributed by atoms with van der Waals surface area (Å²) < 4.78 is 5.16. The second-order valence-corrected chi connectivity index (χ2v) is 9.78. The molecule has 2 rings (SSSR count). The lowest BCUT2D eigenvalue weighted by Gasteiger charge is -2.27. The Labute approximate surface area is 203 Å². The summed E-state index contributed by atoms with van der Waals surface area (Å²) in [6.07, 6.45) is 4.91. The van der Waals surface area contributed by atoms with Gasteiger partial charge >= 0.3 is 6.09 Å². The Morgan fingerprint density at radius 3 is 2.53 bits per heavy atom. The third-order valence-corrected chi connectivity index (χ3v) is 5.67. The number of likely N-dealkylation sites (tertiary alicyclic amines) is 1. The topological polar surface area (TPSA) is 100 Å². The zero-order valence-electron chi connectivity index (χ0n) is 21.3. The van der Waals surface area contributed by atoms with Crippen LogP contribution in [0.3, 0.4) is 0 Å². The van der Waals surface area contributed by atoms with E-state index in [-0.39, 0.29) is 12.5 Å². The van der Waals surface area contributed by atoms with Gasteiger partial charge in [-0.2, -0.15) is 0 Å². The molecule has 0 bridgehead atoms. The van der Waals surface area contributed by atoms with Crippen LogP contribution in [0.1, 0.15) is 58.6 Å². The first-order valence-electron chi connectivity index (χ1n) is 11.6. The largest absolute Gasteiger partial charge is 0.444 e. The van der Waals surface area contributed by atoms with Crippen LogP contribution in [0.4, 0.5) is 4.79 Å². The number of hydrogen-bond donors (Lipinski definition) is 2. The highest BCUT2D eigenvalue weighted by Crippen LogP contribution is 2.27. The van der Waals surface area contributed by atoms with Gasteiger partial charge < -0.3 is 25.6 Å². The molecule has 0 radical (unpaired) electrons. The predicted octanol–water partition coefficient (Wildman–Crippen LogP) is 3.88. The van der Waals surface area contributed by atoms with Crippen LogP contribution in [0.15, 0.2) is 47.9 Å². The van der Waals surface area contributed by atoms with Gasteiger partial charge in [0.1, 0.15) is 18.0 Å². The first-order chi connectivity index (χ1) is 15.9. The van der Waals surface area contributed by atoms with E-state index in [1.54, 1.807) is 38.9 Å². The van der Waals surface area contributed by atoms with E-state index in [1.165, 1.54) is 6.20 Å². The maximum atomic E-state index is 12.4. The molecule has 8 nitrogen and oxygen atoms in total. The number of benzene rings is 1. The van der Waals surface area contributed by atoms with E-state index < -0.39 is 11.7 Å². The molecule has 34 heavy (non-hydrogen) atoms. The van der Waals surface area contributed by atoms with Gasteiger partial charge in [0, 0.05) is 43.7 Å². The molecule has 0 saturated carbocycles. The summed E-state index contributed by atoms with van der Waals surface area (Å²) in [6.45, 7) is 14.1. The van der Waals surface area contributed by atoms with E-state index in [4.69, 9.17) is 10.5 Å². The van der Waals surface area contributed by atoms with Crippen molar-refractivity contribution in [1.82, 2.24) is 15.1 Å². The first kappa shape index (κ1) is 27.0. The molecule has 1 heterocycles. The fourth-order valence-electron chi connectivity index (χ4n) is 3.94. The second-order valence-electron chi connectivity index (χ2n) is 9.78. The van der Waals surface area contributed by atoms with Crippen molar-refractivity contribution in [2.75, 3.05) is 13.6 Å². The zero-order chi connectivity index (χ0) is 25.5. The summed E-state index contributed by atoms with van der Waals surface area (Å²) in [5, 5.41) is 2.49. The molecule has 0 spiro atoms. The minimum Gasteiger partial charge on any atom is -0.444 e. The van der Waals surface area contributed by atoms with E-state index in [2.05, 4.69) is 35.6 Å². The minimum atomic E-state index is -0.618. The van der Waals surface area contributed by atoms with Crippen molar-refractivity contribution in [2.45, 2.75) is 71.7 Å². The van der Waals surface area contributed by atoms with Crippen LogP contribution in [0, 0.1) is 0 Å². The quantitative estimate of drug-likeness (QED) is 0.563. The molecule has 1 aliphatic heterocycles. The lowest BCUT2D eigenvalue weighted by molar-refractivity contribution is -0.129. The van der Waals surface area contributed by atoms with Gasteiger partial charge in [0.2, 0.25) is 5.91 Å². The Kier molecular flexibility index (Phi) is 9.29. The van der Waals surface area contributed by atoms with Crippen molar-refractivity contribution in [3.63, 3.8) is 0 Å². The zero-order valence-corrected chi connectivity index (χ0v) is 21.3. The number of nitrogens with zero attached hydrogens (tertiary/aromatic N) is 3. The summed E-state index contributed by atoms with van der Waals surface area (Å²) >= 11 is 0. The Morgan fingerprint density at radius 2 is 1.94 bits per heavy atom. The molecule has 8 heteroatoms. The molecular weight excluding hydrogens is 430 g/mol. The monoisotopic (exact) mass is 469 g/mol. The average molecular weight is 470 g/mol. The van der Waals surface area contributed by atoms with Gasteiger partial charge in [-0.1, -0.05) is 24.8 Å². The maximum absolute atomic E-state index is 12.4. The van der Waals surface area contributed by atoms with Crippen molar-refractivity contribution >= 4 is 23.8 Å². The number of carbonyl (C=O) groups is 2. The summed E-state index contributed by atoms with van der Waals surface area (Å²) in [6, 6.07) is 8.62. The molecule has 0 aliphatic carbocycles. The highest BCUT2D eigenvalue weighted by atomic mass is 16.6. The van der Waals surface area contributed by atoms with Crippen LogP contribution < -0.4 is 11.1 Å². The summed E-state index contributed by atoms with van der Waals surface area (Å²) in [5.41, 5.74) is 7.87. The Hall–Kier alpha value is -3.29. The SMILES string of the molecule is C=C(/N=C\C(=C/N)c1cccc(CN(C)C(=O)CNC(=O)OC(C)(C)C)c1)N1C(C)CCC1C. The number of rotatable bonds is 8. The van der Waals surface area contributed by atoms with Crippen molar-refractivity contribution in [3.8, 4) is 0 Å². The number of alkyl carbamates (subject to hydrolysis) is 1. The number of nitrogens with one attached hydrogen (secondary N) is 1. The van der Waals surface area contributed by atoms with Gasteiger partial charge in [0.05, 0.1) is 0 Å². The Bertz CT molecular complexity index is 938. The third kappa shape index (κ3) is 7.93. The number of ether oxygens (including phenoxy) is 1. The smallest absolute Gasteiger partial charge is 0.408 e. The molecule has 1 aromatic carbocycles. The van der Waals surface area contributed by atoms with E-state index in [1.807, 2.05) is 24.3 Å². The lowest BCUT2D eigenvalue weighted by atomic mass is 10.0. The molecule has 2 unspecified atom stereocenters. The molecule has 186 valence electrons. The maximum Gasteiger partial charge on any atom is 0.408 e. The van der Waals surface area contributed by atoms with E-state index in [0.717, 1.165) is 35.4 Å². The molecule has 1 saturated heterocycles. The fraction of sp³-hybridized carbons (Fsp3) is 0.500. The minimum absolute atomic E-state index is 0.138. The second kappa shape index (κ2) is 11.7. The first-order valence-corrected chi connectivity index (χ1v) is 11.6. The molecule has 1 aromatic rings. The van der Waals surface area contributed by atoms with Crippen LogP contribution in [-0.4, -0.2) is 59.3 Å². The Morgan fingerprint density at radius 1 is 1.29 bits per heavy atom. The number of nitrogens with two attached hydrogens (primary N) is 1. The van der Waals surface area contributed by atoms with Crippen LogP contribution >= 0.6 is 0 Å². The van der Waals surface area contributed by atoms with Crippen LogP contribution in [0.2, 0.25) is 0 Å². The number of amides is 2. The number of allylic oxidation sites excluding steroid dienone is 1. The standard InChI is InChI=1S/C26H39N5O3/c1-18-11-12-19(2)31(18)20(3)28-15-23(14-27)22-10-8-9-21(13-22)17-30(7)24(32)16-29-25(33)34-26(4,5)6/h8-10,13-15,18-19H,3,11-12,16-17,27H2,1-2,4-7H3,(H,29,33)/b23-14+,28-15-. The third-order valence-electron chi connectivity index (χ3n) is 5.67. The summed E-state index contributed by atoms with van der Waals surface area (Å²) in [7, 11) is 1.69. The molecule has 1 aliphatic rings. The van der Waals surface area contributed by atoms with Gasteiger partial charge in [-0.05, 0) is 64.7 Å². The predicted molar refractivity (Wildman–Crippen MR) is 137 cm³/mol. The lowest BCUT2D eigenvalue weighted by Crippen LogP contribution is -2.40. The molecule has 1 fully saturated rings. The van der Waals surface area contributed by atoms with Gasteiger partial charge in [0.25, 0.3) is 0 Å². The molecule has 2 amide bonds. The van der Waals surface area contributed by atoms with E-state index >= 15 is 0 Å².